The van der Waals surface area contributed by atoms with Gasteiger partial charge in [0, 0.05) is 5.41 Å². The third-order valence-electron chi connectivity index (χ3n) is 3.94. The quantitative estimate of drug-likeness (QED) is 0.848. The molecule has 0 saturated carbocycles. The van der Waals surface area contributed by atoms with Crippen LogP contribution in [-0.2, 0) is 9.53 Å². The second-order valence-corrected chi connectivity index (χ2v) is 7.76. The van der Waals surface area contributed by atoms with Crippen molar-refractivity contribution in [3.8, 4) is 5.75 Å². The van der Waals surface area contributed by atoms with Crippen molar-refractivity contribution >= 4 is 22.5 Å². The highest BCUT2D eigenvalue weighted by Gasteiger charge is 2.37. The van der Waals surface area contributed by atoms with Crippen molar-refractivity contribution in [2.75, 3.05) is 6.61 Å². The first kappa shape index (κ1) is 18.0. The minimum atomic E-state index is -0.791. The largest absolute Gasteiger partial charge is 0.507 e. The number of carbonyl (C=O) groups is 2. The number of fused-ring (bicyclic) bond motifs is 1. The van der Waals surface area contributed by atoms with Crippen LogP contribution in [-0.4, -0.2) is 23.5 Å². The minimum absolute atomic E-state index is 0.0190. The fourth-order valence-corrected chi connectivity index (χ4v) is 2.80. The monoisotopic (exact) mass is 328 g/mol. The molecule has 0 radical (unpaired) electrons. The molecule has 2 rings (SSSR count). The van der Waals surface area contributed by atoms with Crippen molar-refractivity contribution in [3.05, 3.63) is 42.0 Å². The Morgan fingerprint density at radius 3 is 2.08 bits per heavy atom. The fraction of sp³-hybridized carbons (Fsp3) is 0.400. The maximum absolute atomic E-state index is 12.4. The number of carbonyl (C=O) groups excluding carboxylic acids is 2. The molecule has 0 heterocycles. The zero-order valence-electron chi connectivity index (χ0n) is 14.8. The Kier molecular flexibility index (Phi) is 4.70. The number of ketones is 1. The molecule has 4 heteroatoms. The lowest BCUT2D eigenvalue weighted by atomic mass is 9.75. The lowest BCUT2D eigenvalue weighted by Crippen LogP contribution is -2.38. The van der Waals surface area contributed by atoms with Crippen LogP contribution in [0.5, 0.6) is 5.75 Å². The summed E-state index contributed by atoms with van der Waals surface area (Å²) in [6, 6.07) is 10.6. The van der Waals surface area contributed by atoms with Gasteiger partial charge in [-0.1, -0.05) is 45.0 Å². The van der Waals surface area contributed by atoms with E-state index in [1.54, 1.807) is 19.9 Å². The first-order chi connectivity index (χ1) is 11.0. The number of ether oxygens (including phenoxy) is 1. The van der Waals surface area contributed by atoms with Gasteiger partial charge in [0.15, 0.2) is 0 Å². The van der Waals surface area contributed by atoms with Crippen molar-refractivity contribution < 1.29 is 19.4 Å². The Morgan fingerprint density at radius 1 is 1.00 bits per heavy atom. The Labute approximate surface area is 142 Å². The molecule has 24 heavy (non-hydrogen) atoms. The molecule has 0 amide bonds. The normalized spacial score (nSPS) is 12.2. The number of phenolic OH excluding ortho intramolecular Hbond substituents is 1. The van der Waals surface area contributed by atoms with Gasteiger partial charge in [-0.3, -0.25) is 4.79 Å². The molecule has 0 aliphatic heterocycles. The van der Waals surface area contributed by atoms with E-state index >= 15 is 0 Å². The van der Waals surface area contributed by atoms with Crippen LogP contribution in [0.3, 0.4) is 0 Å². The summed E-state index contributed by atoms with van der Waals surface area (Å²) in [5.74, 6) is -0.739. The van der Waals surface area contributed by atoms with Gasteiger partial charge < -0.3 is 9.84 Å². The maximum Gasteiger partial charge on any atom is 0.341 e. The minimum Gasteiger partial charge on any atom is -0.507 e. The number of rotatable bonds is 4. The topological polar surface area (TPSA) is 63.6 Å². The number of phenols is 1. The number of benzene rings is 2. The van der Waals surface area contributed by atoms with Crippen molar-refractivity contribution in [1.29, 1.82) is 0 Å². The highest BCUT2D eigenvalue weighted by molar-refractivity contribution is 5.98. The zero-order chi connectivity index (χ0) is 18.1. The molecule has 0 aliphatic rings. The summed E-state index contributed by atoms with van der Waals surface area (Å²) in [6.07, 6.45) is 0. The summed E-state index contributed by atoms with van der Waals surface area (Å²) >= 11 is 0. The standard InChI is InChI=1S/C20H24O4/c1-19(2,3)18(23)20(4,5)12-24-17(22)15-10-13-8-6-7-9-14(13)11-16(15)21/h6-11,21H,12H2,1-5H3. The second kappa shape index (κ2) is 6.27. The molecule has 0 fully saturated rings. The molecular formula is C20H24O4. The van der Waals surface area contributed by atoms with Crippen LogP contribution < -0.4 is 0 Å². The Bertz CT molecular complexity index is 782. The van der Waals surface area contributed by atoms with Gasteiger partial charge in [0.25, 0.3) is 0 Å². The molecule has 1 N–H and O–H groups in total. The molecule has 0 aliphatic carbocycles. The fourth-order valence-electron chi connectivity index (χ4n) is 2.80. The SMILES string of the molecule is CC(C)(C)C(=O)C(C)(C)COC(=O)c1cc2ccccc2cc1O. The molecular weight excluding hydrogens is 304 g/mol. The summed E-state index contributed by atoms with van der Waals surface area (Å²) in [6.45, 7) is 9.01. The Morgan fingerprint density at radius 2 is 1.54 bits per heavy atom. The average Bonchev–Trinajstić information content (AvgIpc) is 2.50. The van der Waals surface area contributed by atoms with E-state index < -0.39 is 16.8 Å². The predicted molar refractivity (Wildman–Crippen MR) is 94.1 cm³/mol. The van der Waals surface area contributed by atoms with E-state index in [1.165, 1.54) is 6.07 Å². The van der Waals surface area contributed by atoms with E-state index in [2.05, 4.69) is 0 Å². The van der Waals surface area contributed by atoms with Gasteiger partial charge in [-0.2, -0.15) is 0 Å². The number of hydrogen-bond acceptors (Lipinski definition) is 4. The smallest absolute Gasteiger partial charge is 0.341 e. The second-order valence-electron chi connectivity index (χ2n) is 7.76. The molecule has 0 unspecified atom stereocenters. The van der Waals surface area contributed by atoms with Gasteiger partial charge in [-0.05, 0) is 36.8 Å². The molecule has 0 bridgehead atoms. The van der Waals surface area contributed by atoms with Crippen LogP contribution in [0, 0.1) is 10.8 Å². The number of esters is 1. The number of hydrogen-bond donors (Lipinski definition) is 1. The molecule has 0 atom stereocenters. The van der Waals surface area contributed by atoms with Gasteiger partial charge in [0.2, 0.25) is 0 Å². The summed E-state index contributed by atoms with van der Waals surface area (Å²) in [4.78, 5) is 24.8. The molecule has 0 spiro atoms. The van der Waals surface area contributed by atoms with Crippen molar-refractivity contribution in [1.82, 2.24) is 0 Å². The van der Waals surface area contributed by atoms with Gasteiger partial charge in [-0.15, -0.1) is 0 Å². The van der Waals surface area contributed by atoms with Crippen LogP contribution in [0.2, 0.25) is 0 Å². The number of aromatic hydroxyl groups is 1. The third-order valence-corrected chi connectivity index (χ3v) is 3.94. The summed E-state index contributed by atoms with van der Waals surface area (Å²) in [5, 5.41) is 11.8. The predicted octanol–water partition coefficient (Wildman–Crippen LogP) is 4.34. The first-order valence-corrected chi connectivity index (χ1v) is 7.96. The molecule has 2 aromatic rings. The van der Waals surface area contributed by atoms with E-state index in [1.807, 2.05) is 45.0 Å². The molecule has 128 valence electrons. The van der Waals surface area contributed by atoms with Gasteiger partial charge >= 0.3 is 5.97 Å². The van der Waals surface area contributed by atoms with E-state index in [-0.39, 0.29) is 23.7 Å². The van der Waals surface area contributed by atoms with Crippen LogP contribution in [0.1, 0.15) is 45.0 Å². The van der Waals surface area contributed by atoms with Crippen molar-refractivity contribution in [2.45, 2.75) is 34.6 Å². The Hall–Kier alpha value is -2.36. The average molecular weight is 328 g/mol. The molecule has 0 aromatic heterocycles. The zero-order valence-corrected chi connectivity index (χ0v) is 14.8. The van der Waals surface area contributed by atoms with Crippen LogP contribution in [0.15, 0.2) is 36.4 Å². The van der Waals surface area contributed by atoms with Crippen molar-refractivity contribution in [2.24, 2.45) is 10.8 Å². The van der Waals surface area contributed by atoms with E-state index in [0.29, 0.717) is 0 Å². The molecule has 4 nitrogen and oxygen atoms in total. The van der Waals surface area contributed by atoms with Crippen LogP contribution >= 0.6 is 0 Å². The van der Waals surface area contributed by atoms with E-state index in [0.717, 1.165) is 10.8 Å². The highest BCUT2D eigenvalue weighted by Crippen LogP contribution is 2.30. The molecule has 2 aromatic carbocycles. The molecule has 0 saturated heterocycles. The third kappa shape index (κ3) is 3.75. The summed E-state index contributed by atoms with van der Waals surface area (Å²) in [7, 11) is 0. The highest BCUT2D eigenvalue weighted by atomic mass is 16.5. The number of Topliss-reactive ketones (excluding diaryl/α,β-unsaturated/α-hetero) is 1. The lowest BCUT2D eigenvalue weighted by molar-refractivity contribution is -0.137. The van der Waals surface area contributed by atoms with Gasteiger partial charge in [0.05, 0.1) is 5.41 Å². The van der Waals surface area contributed by atoms with Crippen LogP contribution in [0.4, 0.5) is 0 Å². The van der Waals surface area contributed by atoms with Gasteiger partial charge in [-0.25, -0.2) is 4.79 Å². The lowest BCUT2D eigenvalue weighted by Gasteiger charge is -2.30. The van der Waals surface area contributed by atoms with Crippen molar-refractivity contribution in [3.63, 3.8) is 0 Å². The van der Waals surface area contributed by atoms with Crippen LogP contribution in [0.25, 0.3) is 10.8 Å². The Balaban J connectivity index is 2.18. The van der Waals surface area contributed by atoms with Gasteiger partial charge in [0.1, 0.15) is 23.7 Å². The van der Waals surface area contributed by atoms with E-state index in [9.17, 15) is 14.7 Å². The first-order valence-electron chi connectivity index (χ1n) is 7.96. The summed E-state index contributed by atoms with van der Waals surface area (Å²) in [5.41, 5.74) is -1.20. The maximum atomic E-state index is 12.4. The van der Waals surface area contributed by atoms with E-state index in [4.69, 9.17) is 4.74 Å². The summed E-state index contributed by atoms with van der Waals surface area (Å²) < 4.78 is 5.32.